The molecule has 48 valence electrons. The van der Waals surface area contributed by atoms with Crippen LogP contribution < -0.4 is 4.73 Å². The van der Waals surface area contributed by atoms with E-state index in [1.165, 1.54) is 6.20 Å². The van der Waals surface area contributed by atoms with Crippen LogP contribution in [0.3, 0.4) is 0 Å². The van der Waals surface area contributed by atoms with Crippen LogP contribution in [0.1, 0.15) is 0 Å². The maximum atomic E-state index is 10.6. The molecular formula is C5H3BrClNO. The Morgan fingerprint density at radius 3 is 2.78 bits per heavy atom. The Kier molecular flexibility index (Phi) is 1.93. The summed E-state index contributed by atoms with van der Waals surface area (Å²) in [5.74, 6) is 0. The average molecular weight is 208 g/mol. The van der Waals surface area contributed by atoms with E-state index in [1.54, 1.807) is 12.1 Å². The quantitative estimate of drug-likeness (QED) is 0.362. The van der Waals surface area contributed by atoms with Crippen LogP contribution in [-0.4, -0.2) is 0 Å². The monoisotopic (exact) mass is 207 g/mol. The summed E-state index contributed by atoms with van der Waals surface area (Å²) in [4.78, 5) is 0. The summed E-state index contributed by atoms with van der Waals surface area (Å²) in [6.07, 6.45) is 1.34. The maximum absolute atomic E-state index is 10.6. The Labute approximate surface area is 65.8 Å². The molecule has 4 heteroatoms. The standard InChI is InChI=1S/C5H3BrClNO/c6-4-2-1-3-8(9)5(4)7/h1-3H. The number of hydrogen-bond acceptors (Lipinski definition) is 1. The Balaban J connectivity index is 3.25. The second-order valence-electron chi connectivity index (χ2n) is 1.47. The zero-order valence-corrected chi connectivity index (χ0v) is 6.69. The molecule has 0 aromatic carbocycles. The fourth-order valence-electron chi connectivity index (χ4n) is 0.445. The van der Waals surface area contributed by atoms with Crippen LogP contribution in [-0.2, 0) is 0 Å². The fraction of sp³-hybridized carbons (Fsp3) is 0. The van der Waals surface area contributed by atoms with Crippen molar-refractivity contribution in [3.63, 3.8) is 0 Å². The second kappa shape index (κ2) is 2.54. The van der Waals surface area contributed by atoms with Gasteiger partial charge in [0.25, 0.3) is 0 Å². The Bertz CT molecular complexity index is 208. The molecular weight excluding hydrogens is 205 g/mol. The van der Waals surface area contributed by atoms with Gasteiger partial charge in [-0.25, -0.2) is 0 Å². The van der Waals surface area contributed by atoms with Crippen molar-refractivity contribution in [3.05, 3.63) is 33.2 Å². The molecule has 2 nitrogen and oxygen atoms in total. The van der Waals surface area contributed by atoms with E-state index in [1.807, 2.05) is 0 Å². The van der Waals surface area contributed by atoms with Crippen molar-refractivity contribution in [3.8, 4) is 0 Å². The summed E-state index contributed by atoms with van der Waals surface area (Å²) in [6, 6.07) is 3.32. The lowest BCUT2D eigenvalue weighted by Crippen LogP contribution is -2.26. The molecule has 0 amide bonds. The lowest BCUT2D eigenvalue weighted by atomic mass is 10.5. The SMILES string of the molecule is [O-][n+]1cccc(Br)c1Cl. The highest BCUT2D eigenvalue weighted by Crippen LogP contribution is 2.15. The summed E-state index contributed by atoms with van der Waals surface area (Å²) < 4.78 is 1.20. The van der Waals surface area contributed by atoms with Crippen molar-refractivity contribution in [2.45, 2.75) is 0 Å². The number of hydrogen-bond donors (Lipinski definition) is 0. The van der Waals surface area contributed by atoms with E-state index in [4.69, 9.17) is 11.6 Å². The lowest BCUT2D eigenvalue weighted by Gasteiger charge is -1.96. The molecule has 0 spiro atoms. The second-order valence-corrected chi connectivity index (χ2v) is 2.69. The average Bonchev–Trinajstić information content (AvgIpc) is 1.83. The first-order valence-corrected chi connectivity index (χ1v) is 3.42. The predicted molar refractivity (Wildman–Crippen MR) is 38.1 cm³/mol. The van der Waals surface area contributed by atoms with E-state index < -0.39 is 0 Å². The third-order valence-corrected chi connectivity index (χ3v) is 2.09. The van der Waals surface area contributed by atoms with Crippen molar-refractivity contribution >= 4 is 27.5 Å². The van der Waals surface area contributed by atoms with Gasteiger partial charge in [-0.2, -0.15) is 4.73 Å². The maximum Gasteiger partial charge on any atom is 0.300 e. The molecule has 1 heterocycles. The molecule has 1 aromatic heterocycles. The van der Waals surface area contributed by atoms with Crippen molar-refractivity contribution in [1.82, 2.24) is 0 Å². The van der Waals surface area contributed by atoms with Gasteiger partial charge in [-0.1, -0.05) is 0 Å². The highest BCUT2D eigenvalue weighted by atomic mass is 79.9. The van der Waals surface area contributed by atoms with Crippen LogP contribution in [0.25, 0.3) is 0 Å². The summed E-state index contributed by atoms with van der Waals surface area (Å²) in [6.45, 7) is 0. The van der Waals surface area contributed by atoms with Crippen molar-refractivity contribution in [1.29, 1.82) is 0 Å². The van der Waals surface area contributed by atoms with Gasteiger partial charge in [0.05, 0.1) is 0 Å². The minimum Gasteiger partial charge on any atom is -0.618 e. The molecule has 0 unspecified atom stereocenters. The summed E-state index contributed by atoms with van der Waals surface area (Å²) >= 11 is 8.57. The molecule has 9 heavy (non-hydrogen) atoms. The Morgan fingerprint density at radius 2 is 2.33 bits per heavy atom. The van der Waals surface area contributed by atoms with Crippen molar-refractivity contribution in [2.24, 2.45) is 0 Å². The van der Waals surface area contributed by atoms with Crippen LogP contribution in [0.15, 0.2) is 22.8 Å². The smallest absolute Gasteiger partial charge is 0.300 e. The first-order chi connectivity index (χ1) is 4.22. The number of halogens is 2. The zero-order valence-electron chi connectivity index (χ0n) is 4.34. The zero-order chi connectivity index (χ0) is 6.85. The first kappa shape index (κ1) is 6.83. The van der Waals surface area contributed by atoms with Crippen LogP contribution in [0.2, 0.25) is 5.15 Å². The summed E-state index contributed by atoms with van der Waals surface area (Å²) in [5, 5.41) is 10.8. The van der Waals surface area contributed by atoms with Gasteiger partial charge in [0.15, 0.2) is 6.20 Å². The largest absolute Gasteiger partial charge is 0.618 e. The molecule has 0 radical (unpaired) electrons. The van der Waals surface area contributed by atoms with Crippen molar-refractivity contribution < 1.29 is 4.73 Å². The van der Waals surface area contributed by atoms with Crippen LogP contribution in [0.4, 0.5) is 0 Å². The highest BCUT2D eigenvalue weighted by molar-refractivity contribution is 9.10. The first-order valence-electron chi connectivity index (χ1n) is 2.25. The van der Waals surface area contributed by atoms with E-state index in [9.17, 15) is 5.21 Å². The van der Waals surface area contributed by atoms with Gasteiger partial charge in [0.2, 0.25) is 0 Å². The lowest BCUT2D eigenvalue weighted by molar-refractivity contribution is -0.603. The molecule has 0 N–H and O–H groups in total. The van der Waals surface area contributed by atoms with Crippen LogP contribution in [0, 0.1) is 5.21 Å². The molecule has 0 atom stereocenters. The van der Waals surface area contributed by atoms with E-state index in [2.05, 4.69) is 15.9 Å². The van der Waals surface area contributed by atoms with Gasteiger partial charge >= 0.3 is 5.15 Å². The normalized spacial score (nSPS) is 9.56. The van der Waals surface area contributed by atoms with Crippen molar-refractivity contribution in [2.75, 3.05) is 0 Å². The minimum absolute atomic E-state index is 0.164. The Hall–Kier alpha value is -0.280. The molecule has 1 aromatic rings. The number of pyridine rings is 1. The third-order valence-electron chi connectivity index (χ3n) is 0.855. The molecule has 0 fully saturated rings. The van der Waals surface area contributed by atoms with Gasteiger partial charge in [0.1, 0.15) is 4.47 Å². The summed E-state index contributed by atoms with van der Waals surface area (Å²) in [5.41, 5.74) is 0. The summed E-state index contributed by atoms with van der Waals surface area (Å²) in [7, 11) is 0. The molecule has 0 bridgehead atoms. The molecule has 0 saturated heterocycles. The van der Waals surface area contributed by atoms with Gasteiger partial charge in [0, 0.05) is 6.07 Å². The molecule has 0 saturated carbocycles. The topological polar surface area (TPSA) is 26.9 Å². The fourth-order valence-corrected chi connectivity index (χ4v) is 0.892. The molecule has 0 aliphatic carbocycles. The third kappa shape index (κ3) is 1.34. The van der Waals surface area contributed by atoms with Gasteiger partial charge in [-0.05, 0) is 33.6 Å². The van der Waals surface area contributed by atoms with Crippen LogP contribution in [0.5, 0.6) is 0 Å². The minimum atomic E-state index is 0.164. The Morgan fingerprint density at radius 1 is 1.67 bits per heavy atom. The van der Waals surface area contributed by atoms with Crippen LogP contribution >= 0.6 is 27.5 Å². The van der Waals surface area contributed by atoms with Gasteiger partial charge in [-0.3, -0.25) is 0 Å². The molecule has 0 aliphatic rings. The number of nitrogens with zero attached hydrogens (tertiary/aromatic N) is 1. The van der Waals surface area contributed by atoms with E-state index in [0.717, 1.165) is 0 Å². The van der Waals surface area contributed by atoms with Gasteiger partial charge in [-0.15, -0.1) is 0 Å². The number of aromatic nitrogens is 1. The van der Waals surface area contributed by atoms with E-state index >= 15 is 0 Å². The van der Waals surface area contributed by atoms with E-state index in [-0.39, 0.29) is 5.15 Å². The highest BCUT2D eigenvalue weighted by Gasteiger charge is 2.03. The van der Waals surface area contributed by atoms with Gasteiger partial charge < -0.3 is 5.21 Å². The predicted octanol–water partition coefficient (Wildman–Crippen LogP) is 1.74. The number of rotatable bonds is 0. The molecule has 1 rings (SSSR count). The van der Waals surface area contributed by atoms with E-state index in [0.29, 0.717) is 9.20 Å². The molecule has 0 aliphatic heterocycles.